The van der Waals surface area contributed by atoms with Gasteiger partial charge >= 0.3 is 6.09 Å². The van der Waals surface area contributed by atoms with Crippen molar-refractivity contribution in [1.82, 2.24) is 4.90 Å². The number of hydrogen-bond acceptors (Lipinski definition) is 4. The Morgan fingerprint density at radius 2 is 1.72 bits per heavy atom. The maximum Gasteiger partial charge on any atom is 0.410 e. The van der Waals surface area contributed by atoms with Gasteiger partial charge in [-0.3, -0.25) is 4.90 Å². The molecule has 2 saturated carbocycles. The lowest BCUT2D eigenvalue weighted by molar-refractivity contribution is 0.126. The summed E-state index contributed by atoms with van der Waals surface area (Å²) in [6.07, 6.45) is 0.917. The number of sulfone groups is 1. The van der Waals surface area contributed by atoms with Gasteiger partial charge in [-0.1, -0.05) is 0 Å². The Bertz CT molecular complexity index is 486. The molecule has 2 aliphatic carbocycles. The van der Waals surface area contributed by atoms with E-state index in [1.165, 1.54) is 0 Å². The summed E-state index contributed by atoms with van der Waals surface area (Å²) in [5, 5.41) is 0. The summed E-state index contributed by atoms with van der Waals surface area (Å²) in [4.78, 5) is 13.6. The third kappa shape index (κ3) is 1.22. The molecule has 2 bridgehead atoms. The molecule has 4 fully saturated rings. The number of nitrogens with zero attached hydrogens (tertiary/aromatic N) is 1. The van der Waals surface area contributed by atoms with Crippen LogP contribution in [0.3, 0.4) is 0 Å². The van der Waals surface area contributed by atoms with E-state index in [1.807, 2.05) is 11.8 Å². The summed E-state index contributed by atoms with van der Waals surface area (Å²) in [5.41, 5.74) is 0. The van der Waals surface area contributed by atoms with Crippen LogP contribution >= 0.6 is 0 Å². The largest absolute Gasteiger partial charge is 0.450 e. The number of amides is 1. The monoisotopic (exact) mass is 271 g/mol. The van der Waals surface area contributed by atoms with Gasteiger partial charge < -0.3 is 4.74 Å². The fraction of sp³-hybridized carbons (Fsp3) is 0.917. The molecule has 0 unspecified atom stereocenters. The molecule has 4 aliphatic rings. The molecule has 100 valence electrons. The van der Waals surface area contributed by atoms with Gasteiger partial charge in [-0.25, -0.2) is 13.2 Å². The summed E-state index contributed by atoms with van der Waals surface area (Å²) in [7, 11) is -2.82. The molecule has 6 atom stereocenters. The Labute approximate surface area is 106 Å². The molecule has 5 nitrogen and oxygen atoms in total. The number of rotatable bonds is 1. The first-order valence-corrected chi connectivity index (χ1v) is 8.51. The highest BCUT2D eigenvalue weighted by atomic mass is 32.2. The quantitative estimate of drug-likeness (QED) is 0.652. The molecule has 0 N–H and O–H groups in total. The first-order chi connectivity index (χ1) is 8.53. The van der Waals surface area contributed by atoms with E-state index in [2.05, 4.69) is 0 Å². The number of carbonyl (C=O) groups excluding carboxylic acids is 1. The van der Waals surface area contributed by atoms with Crippen LogP contribution in [0.5, 0.6) is 0 Å². The van der Waals surface area contributed by atoms with Crippen molar-refractivity contribution in [2.45, 2.75) is 25.4 Å². The van der Waals surface area contributed by atoms with E-state index in [1.54, 1.807) is 0 Å². The van der Waals surface area contributed by atoms with Crippen molar-refractivity contribution < 1.29 is 17.9 Å². The molecular weight excluding hydrogens is 254 g/mol. The van der Waals surface area contributed by atoms with Crippen LogP contribution in [0.1, 0.15) is 13.3 Å². The number of fused-ring (bicyclic) bond motifs is 8. The predicted molar refractivity (Wildman–Crippen MR) is 63.7 cm³/mol. The second-order valence-corrected chi connectivity index (χ2v) is 8.21. The van der Waals surface area contributed by atoms with E-state index < -0.39 is 9.84 Å². The summed E-state index contributed by atoms with van der Waals surface area (Å²) >= 11 is 0. The van der Waals surface area contributed by atoms with Gasteiger partial charge in [-0.15, -0.1) is 0 Å². The van der Waals surface area contributed by atoms with Crippen LogP contribution in [0.2, 0.25) is 0 Å². The molecule has 18 heavy (non-hydrogen) atoms. The van der Waals surface area contributed by atoms with Gasteiger partial charge in [0.2, 0.25) is 0 Å². The minimum atomic E-state index is -2.82. The fourth-order valence-corrected chi connectivity index (χ4v) is 7.16. The van der Waals surface area contributed by atoms with Crippen LogP contribution < -0.4 is 0 Å². The molecule has 2 aliphatic heterocycles. The maximum atomic E-state index is 11.8. The zero-order valence-corrected chi connectivity index (χ0v) is 11.1. The zero-order chi connectivity index (χ0) is 12.7. The SMILES string of the molecule is CCOC(=O)N1[C@@H]2[C@@H]3C[C@@H]([C@@H]4CS(=O)(=O)C[C@@H]43)[C@@H]21. The predicted octanol–water partition coefficient (Wildman–Crippen LogP) is 0.506. The minimum Gasteiger partial charge on any atom is -0.450 e. The van der Waals surface area contributed by atoms with Crippen LogP contribution in [0.4, 0.5) is 4.79 Å². The van der Waals surface area contributed by atoms with Crippen molar-refractivity contribution in [2.75, 3.05) is 18.1 Å². The van der Waals surface area contributed by atoms with E-state index in [9.17, 15) is 13.2 Å². The normalized spacial score (nSPS) is 49.9. The lowest BCUT2D eigenvalue weighted by atomic mass is 9.82. The third-order valence-corrected chi connectivity index (χ3v) is 7.13. The Balaban J connectivity index is 1.56. The van der Waals surface area contributed by atoms with Crippen LogP contribution in [0.15, 0.2) is 0 Å². The van der Waals surface area contributed by atoms with Crippen molar-refractivity contribution in [3.63, 3.8) is 0 Å². The lowest BCUT2D eigenvalue weighted by Gasteiger charge is -2.19. The molecule has 0 spiro atoms. The van der Waals surface area contributed by atoms with E-state index >= 15 is 0 Å². The summed E-state index contributed by atoms with van der Waals surface area (Å²) in [6.45, 7) is 2.22. The van der Waals surface area contributed by atoms with E-state index in [4.69, 9.17) is 4.74 Å². The molecule has 2 saturated heterocycles. The minimum absolute atomic E-state index is 0.204. The molecule has 4 rings (SSSR count). The zero-order valence-electron chi connectivity index (χ0n) is 10.3. The second-order valence-electron chi connectivity index (χ2n) is 6.06. The highest BCUT2D eigenvalue weighted by molar-refractivity contribution is 7.91. The van der Waals surface area contributed by atoms with Crippen LogP contribution in [-0.2, 0) is 14.6 Å². The number of likely N-dealkylation sites (tertiary alicyclic amines) is 1. The standard InChI is InChI=1S/C12H17NO4S/c1-2-17-12(14)13-10-6-3-7(11(10)13)9-5-18(15,16)4-8(6)9/h6-11H,2-5H2,1H3/t6-,7+,8-,9+,10-,11+,13?. The van der Waals surface area contributed by atoms with Crippen LogP contribution in [-0.4, -0.2) is 49.6 Å². The van der Waals surface area contributed by atoms with Gasteiger partial charge in [-0.2, -0.15) is 0 Å². The van der Waals surface area contributed by atoms with Crippen LogP contribution in [0.25, 0.3) is 0 Å². The van der Waals surface area contributed by atoms with Crippen molar-refractivity contribution in [3.8, 4) is 0 Å². The number of ether oxygens (including phenoxy) is 1. The molecule has 0 aromatic rings. The van der Waals surface area contributed by atoms with Gasteiger partial charge in [0.25, 0.3) is 0 Å². The lowest BCUT2D eigenvalue weighted by Crippen LogP contribution is -2.25. The summed E-state index contributed by atoms with van der Waals surface area (Å²) < 4.78 is 28.5. The third-order valence-electron chi connectivity index (χ3n) is 5.35. The molecule has 2 heterocycles. The molecule has 6 heteroatoms. The van der Waals surface area contributed by atoms with Crippen molar-refractivity contribution >= 4 is 15.9 Å². The number of piperidine rings is 1. The first kappa shape index (κ1) is 11.1. The second kappa shape index (κ2) is 3.21. The summed E-state index contributed by atoms with van der Waals surface area (Å²) in [6, 6.07) is 0.562. The molecule has 0 radical (unpaired) electrons. The van der Waals surface area contributed by atoms with Crippen molar-refractivity contribution in [1.29, 1.82) is 0 Å². The number of carbonyl (C=O) groups is 1. The van der Waals surface area contributed by atoms with Gasteiger partial charge in [0.15, 0.2) is 9.84 Å². The fourth-order valence-electron chi connectivity index (χ4n) is 4.86. The molecule has 0 aromatic carbocycles. The Morgan fingerprint density at radius 1 is 1.17 bits per heavy atom. The van der Waals surface area contributed by atoms with E-state index in [-0.39, 0.29) is 18.2 Å². The first-order valence-electron chi connectivity index (χ1n) is 6.69. The average Bonchev–Trinajstić information content (AvgIpc) is 2.58. The topological polar surface area (TPSA) is 63.5 Å². The van der Waals surface area contributed by atoms with Gasteiger partial charge in [0.05, 0.1) is 30.2 Å². The van der Waals surface area contributed by atoms with Crippen molar-refractivity contribution in [2.24, 2.45) is 23.7 Å². The summed E-state index contributed by atoms with van der Waals surface area (Å²) in [5.74, 6) is 2.12. The highest BCUT2D eigenvalue weighted by Gasteiger charge is 2.73. The van der Waals surface area contributed by atoms with Crippen molar-refractivity contribution in [3.05, 3.63) is 0 Å². The van der Waals surface area contributed by atoms with E-state index in [0.717, 1.165) is 6.42 Å². The highest BCUT2D eigenvalue weighted by Crippen LogP contribution is 2.65. The molecule has 0 aromatic heterocycles. The van der Waals surface area contributed by atoms with Gasteiger partial charge in [-0.05, 0) is 37.0 Å². The average molecular weight is 271 g/mol. The Hall–Kier alpha value is -0.780. The molecule has 1 amide bonds. The maximum absolute atomic E-state index is 11.8. The van der Waals surface area contributed by atoms with Gasteiger partial charge in [0.1, 0.15) is 0 Å². The Kier molecular flexibility index (Phi) is 1.98. The van der Waals surface area contributed by atoms with Gasteiger partial charge in [0, 0.05) is 0 Å². The van der Waals surface area contributed by atoms with Crippen LogP contribution in [0, 0.1) is 23.7 Å². The molecular formula is C12H17NO4S. The van der Waals surface area contributed by atoms with E-state index in [0.29, 0.717) is 41.8 Å². The number of hydrogen-bond donors (Lipinski definition) is 0. The Morgan fingerprint density at radius 3 is 2.22 bits per heavy atom. The smallest absolute Gasteiger partial charge is 0.410 e.